The van der Waals surface area contributed by atoms with Crippen molar-refractivity contribution in [2.45, 2.75) is 18.9 Å². The first-order valence-electron chi connectivity index (χ1n) is 6.70. The average molecular weight is 283 g/mol. The Labute approximate surface area is 116 Å². The van der Waals surface area contributed by atoms with Crippen LogP contribution in [-0.2, 0) is 4.79 Å². The van der Waals surface area contributed by atoms with E-state index in [1.165, 1.54) is 18.2 Å². The van der Waals surface area contributed by atoms with E-state index in [9.17, 15) is 13.6 Å². The zero-order valence-corrected chi connectivity index (χ0v) is 11.2. The standard InChI is InChI=1S/C14H19F2N3O/c15-10-2-1-3-11(16)13(10)12(17)8-19-6-4-9(5-7-19)14(18)20/h1-3,9,12H,4-8,17H2,(H2,18,20). The van der Waals surface area contributed by atoms with Crippen molar-refractivity contribution >= 4 is 5.91 Å². The molecule has 1 saturated heterocycles. The average Bonchev–Trinajstić information content (AvgIpc) is 2.39. The molecule has 1 aromatic rings. The topological polar surface area (TPSA) is 72.4 Å². The second-order valence-electron chi connectivity index (χ2n) is 5.22. The van der Waals surface area contributed by atoms with Crippen LogP contribution in [0.15, 0.2) is 18.2 Å². The van der Waals surface area contributed by atoms with E-state index >= 15 is 0 Å². The van der Waals surface area contributed by atoms with Gasteiger partial charge in [-0.2, -0.15) is 0 Å². The van der Waals surface area contributed by atoms with Crippen molar-refractivity contribution in [3.8, 4) is 0 Å². The number of rotatable bonds is 4. The van der Waals surface area contributed by atoms with E-state index in [0.717, 1.165) is 0 Å². The van der Waals surface area contributed by atoms with E-state index in [0.29, 0.717) is 32.5 Å². The number of nitrogens with two attached hydrogens (primary N) is 2. The van der Waals surface area contributed by atoms with Crippen LogP contribution in [0.25, 0.3) is 0 Å². The highest BCUT2D eigenvalue weighted by Gasteiger charge is 2.25. The number of carbonyl (C=O) groups excluding carboxylic acids is 1. The van der Waals surface area contributed by atoms with Crippen LogP contribution in [-0.4, -0.2) is 30.4 Å². The van der Waals surface area contributed by atoms with Crippen molar-refractivity contribution in [1.82, 2.24) is 4.90 Å². The van der Waals surface area contributed by atoms with Gasteiger partial charge in [0.15, 0.2) is 0 Å². The molecular weight excluding hydrogens is 264 g/mol. The first-order valence-corrected chi connectivity index (χ1v) is 6.70. The maximum absolute atomic E-state index is 13.6. The molecule has 1 aliphatic rings. The molecule has 1 fully saturated rings. The Hall–Kier alpha value is -1.53. The van der Waals surface area contributed by atoms with Gasteiger partial charge in [-0.3, -0.25) is 4.79 Å². The maximum atomic E-state index is 13.6. The minimum Gasteiger partial charge on any atom is -0.369 e. The molecule has 0 aromatic heterocycles. The number of benzene rings is 1. The summed E-state index contributed by atoms with van der Waals surface area (Å²) in [4.78, 5) is 13.1. The molecule has 110 valence electrons. The molecule has 6 heteroatoms. The largest absolute Gasteiger partial charge is 0.369 e. The van der Waals surface area contributed by atoms with Crippen molar-refractivity contribution in [3.05, 3.63) is 35.4 Å². The summed E-state index contributed by atoms with van der Waals surface area (Å²) in [6.45, 7) is 1.69. The third kappa shape index (κ3) is 3.32. The van der Waals surface area contributed by atoms with E-state index in [2.05, 4.69) is 0 Å². The molecule has 1 amide bonds. The molecule has 0 aliphatic carbocycles. The fourth-order valence-corrected chi connectivity index (χ4v) is 2.63. The van der Waals surface area contributed by atoms with Gasteiger partial charge in [-0.15, -0.1) is 0 Å². The molecule has 20 heavy (non-hydrogen) atoms. The smallest absolute Gasteiger partial charge is 0.220 e. The molecule has 1 atom stereocenters. The van der Waals surface area contributed by atoms with Crippen LogP contribution in [0.4, 0.5) is 8.78 Å². The summed E-state index contributed by atoms with van der Waals surface area (Å²) in [5.41, 5.74) is 11.1. The monoisotopic (exact) mass is 283 g/mol. The number of carbonyl (C=O) groups is 1. The van der Waals surface area contributed by atoms with Crippen molar-refractivity contribution in [1.29, 1.82) is 0 Å². The molecule has 2 rings (SSSR count). The minimum absolute atomic E-state index is 0.0791. The second kappa shape index (κ2) is 6.28. The molecule has 0 radical (unpaired) electrons. The molecule has 0 saturated carbocycles. The fourth-order valence-electron chi connectivity index (χ4n) is 2.63. The van der Waals surface area contributed by atoms with Crippen LogP contribution < -0.4 is 11.5 Å². The third-order valence-electron chi connectivity index (χ3n) is 3.82. The van der Waals surface area contributed by atoms with Gasteiger partial charge in [0.25, 0.3) is 0 Å². The summed E-state index contributed by atoms with van der Waals surface area (Å²) in [6, 6.07) is 3.01. The Morgan fingerprint density at radius 3 is 2.35 bits per heavy atom. The number of primary amides is 1. The van der Waals surface area contributed by atoms with Gasteiger partial charge < -0.3 is 16.4 Å². The van der Waals surface area contributed by atoms with E-state index < -0.39 is 17.7 Å². The van der Waals surface area contributed by atoms with Gasteiger partial charge in [-0.05, 0) is 38.1 Å². The Kier molecular flexibility index (Phi) is 4.67. The van der Waals surface area contributed by atoms with Crippen LogP contribution in [0.5, 0.6) is 0 Å². The van der Waals surface area contributed by atoms with Crippen LogP contribution in [0.2, 0.25) is 0 Å². The first-order chi connectivity index (χ1) is 9.49. The van der Waals surface area contributed by atoms with Gasteiger partial charge in [0, 0.05) is 24.1 Å². The predicted octanol–water partition coefficient (Wildman–Crippen LogP) is 1.16. The van der Waals surface area contributed by atoms with E-state index in [-0.39, 0.29) is 17.4 Å². The zero-order chi connectivity index (χ0) is 14.7. The highest BCUT2D eigenvalue weighted by Crippen LogP contribution is 2.22. The summed E-state index contributed by atoms with van der Waals surface area (Å²) >= 11 is 0. The van der Waals surface area contributed by atoms with Crippen LogP contribution in [0, 0.1) is 17.6 Å². The summed E-state index contributed by atoms with van der Waals surface area (Å²) in [6.07, 6.45) is 1.34. The van der Waals surface area contributed by atoms with E-state index in [4.69, 9.17) is 11.5 Å². The lowest BCUT2D eigenvalue weighted by Crippen LogP contribution is -2.41. The van der Waals surface area contributed by atoms with Crippen LogP contribution in [0.3, 0.4) is 0 Å². The maximum Gasteiger partial charge on any atom is 0.220 e. The number of likely N-dealkylation sites (tertiary alicyclic amines) is 1. The van der Waals surface area contributed by atoms with Crippen LogP contribution >= 0.6 is 0 Å². The minimum atomic E-state index is -0.721. The summed E-state index contributed by atoms with van der Waals surface area (Å²) < 4.78 is 27.2. The fraction of sp³-hybridized carbons (Fsp3) is 0.500. The number of amides is 1. The summed E-state index contributed by atoms with van der Waals surface area (Å²) in [5, 5.41) is 0. The Morgan fingerprint density at radius 1 is 1.30 bits per heavy atom. The molecule has 1 aliphatic heterocycles. The quantitative estimate of drug-likeness (QED) is 0.871. The highest BCUT2D eigenvalue weighted by atomic mass is 19.1. The van der Waals surface area contributed by atoms with Crippen molar-refractivity contribution in [2.75, 3.05) is 19.6 Å². The van der Waals surface area contributed by atoms with Crippen molar-refractivity contribution < 1.29 is 13.6 Å². The lowest BCUT2D eigenvalue weighted by molar-refractivity contribution is -0.123. The van der Waals surface area contributed by atoms with E-state index in [1.54, 1.807) is 0 Å². The lowest BCUT2D eigenvalue weighted by Gasteiger charge is -2.32. The number of hydrogen-bond donors (Lipinski definition) is 2. The molecule has 1 heterocycles. The summed E-state index contributed by atoms with van der Waals surface area (Å²) in [5.74, 6) is -1.63. The molecule has 1 aromatic carbocycles. The highest BCUT2D eigenvalue weighted by molar-refractivity contribution is 5.76. The lowest BCUT2D eigenvalue weighted by atomic mass is 9.95. The Morgan fingerprint density at radius 2 is 1.85 bits per heavy atom. The normalized spacial score (nSPS) is 18.9. The molecule has 4 nitrogen and oxygen atoms in total. The number of nitrogens with zero attached hydrogens (tertiary/aromatic N) is 1. The Bertz CT molecular complexity index is 467. The van der Waals surface area contributed by atoms with Gasteiger partial charge in [-0.25, -0.2) is 8.78 Å². The molecular formula is C14H19F2N3O. The van der Waals surface area contributed by atoms with Crippen molar-refractivity contribution in [3.63, 3.8) is 0 Å². The first kappa shape index (κ1) is 14.9. The SMILES string of the molecule is NC(=O)C1CCN(CC(N)c2c(F)cccc2F)CC1. The van der Waals surface area contributed by atoms with Gasteiger partial charge in [0.1, 0.15) is 11.6 Å². The zero-order valence-electron chi connectivity index (χ0n) is 11.2. The molecule has 1 unspecified atom stereocenters. The molecule has 4 N–H and O–H groups in total. The van der Waals surface area contributed by atoms with Crippen LogP contribution in [0.1, 0.15) is 24.4 Å². The van der Waals surface area contributed by atoms with E-state index in [1.807, 2.05) is 4.90 Å². The second-order valence-corrected chi connectivity index (χ2v) is 5.22. The number of hydrogen-bond acceptors (Lipinski definition) is 3. The third-order valence-corrected chi connectivity index (χ3v) is 3.82. The number of halogens is 2. The van der Waals surface area contributed by atoms with Crippen molar-refractivity contribution in [2.24, 2.45) is 17.4 Å². The van der Waals surface area contributed by atoms with Gasteiger partial charge in [0.2, 0.25) is 5.91 Å². The Balaban J connectivity index is 1.96. The van der Waals surface area contributed by atoms with Gasteiger partial charge >= 0.3 is 0 Å². The number of piperidine rings is 1. The molecule has 0 spiro atoms. The van der Waals surface area contributed by atoms with Gasteiger partial charge in [0.05, 0.1) is 0 Å². The summed E-state index contributed by atoms with van der Waals surface area (Å²) in [7, 11) is 0. The van der Waals surface area contributed by atoms with Gasteiger partial charge in [-0.1, -0.05) is 6.07 Å². The predicted molar refractivity (Wildman–Crippen MR) is 71.6 cm³/mol. The molecule has 0 bridgehead atoms.